The molecule has 0 saturated carbocycles. The number of ether oxygens (including phenoxy) is 2. The third-order valence-corrected chi connectivity index (χ3v) is 3.22. The Bertz CT molecular complexity index is 403. The fraction of sp³-hybridized carbons (Fsp3) is 0.615. The van der Waals surface area contributed by atoms with E-state index in [1.807, 2.05) is 6.07 Å². The second-order valence-corrected chi connectivity index (χ2v) is 4.67. The van der Waals surface area contributed by atoms with Crippen molar-refractivity contribution in [3.05, 3.63) is 23.5 Å². The predicted molar refractivity (Wildman–Crippen MR) is 67.4 cm³/mol. The number of aromatic amines is 1. The normalized spacial score (nSPS) is 23.9. The van der Waals surface area contributed by atoms with Crippen LogP contribution in [0.25, 0.3) is 0 Å². The number of hydrogen-bond acceptors (Lipinski definition) is 4. The molecular weight excluding hydrogens is 232 g/mol. The van der Waals surface area contributed by atoms with Crippen molar-refractivity contribution in [1.82, 2.24) is 10.3 Å². The Labute approximate surface area is 107 Å². The monoisotopic (exact) mass is 252 g/mol. The molecule has 0 spiro atoms. The van der Waals surface area contributed by atoms with Crippen LogP contribution in [0.4, 0.5) is 0 Å². The van der Waals surface area contributed by atoms with Crippen LogP contribution in [0.5, 0.6) is 0 Å². The van der Waals surface area contributed by atoms with E-state index >= 15 is 0 Å². The van der Waals surface area contributed by atoms with E-state index in [4.69, 9.17) is 4.74 Å². The number of esters is 1. The van der Waals surface area contributed by atoms with Gasteiger partial charge in [0.2, 0.25) is 0 Å². The van der Waals surface area contributed by atoms with E-state index in [0.29, 0.717) is 17.8 Å². The van der Waals surface area contributed by atoms with Crippen LogP contribution in [0.15, 0.2) is 12.1 Å². The Morgan fingerprint density at radius 2 is 2.44 bits per heavy atom. The summed E-state index contributed by atoms with van der Waals surface area (Å²) in [6, 6.07) is 4.14. The quantitative estimate of drug-likeness (QED) is 0.796. The maximum absolute atomic E-state index is 11.3. The summed E-state index contributed by atoms with van der Waals surface area (Å²) in [6.45, 7) is 3.64. The van der Waals surface area contributed by atoms with Crippen LogP contribution in [0.3, 0.4) is 0 Å². The summed E-state index contributed by atoms with van der Waals surface area (Å²) in [5.74, 6) is -0.332. The van der Waals surface area contributed by atoms with Crippen molar-refractivity contribution >= 4 is 5.97 Å². The zero-order valence-corrected chi connectivity index (χ0v) is 10.9. The predicted octanol–water partition coefficient (Wildman–Crippen LogP) is 1.46. The molecule has 2 rings (SSSR count). The third kappa shape index (κ3) is 3.34. The molecule has 1 aromatic heterocycles. The highest BCUT2D eigenvalue weighted by atomic mass is 16.5. The van der Waals surface area contributed by atoms with E-state index in [9.17, 15) is 4.79 Å². The number of aromatic nitrogens is 1. The zero-order chi connectivity index (χ0) is 13.0. The van der Waals surface area contributed by atoms with Crippen molar-refractivity contribution in [1.29, 1.82) is 0 Å². The molecule has 0 aromatic carbocycles. The molecule has 2 heterocycles. The maximum Gasteiger partial charge on any atom is 0.354 e. The minimum Gasteiger partial charge on any atom is -0.464 e. The molecule has 0 radical (unpaired) electrons. The number of carbonyl (C=O) groups is 1. The summed E-state index contributed by atoms with van der Waals surface area (Å²) in [5.41, 5.74) is 1.49. The van der Waals surface area contributed by atoms with Gasteiger partial charge in [0.1, 0.15) is 5.69 Å². The van der Waals surface area contributed by atoms with Gasteiger partial charge in [-0.3, -0.25) is 0 Å². The summed E-state index contributed by atoms with van der Waals surface area (Å²) in [6.07, 6.45) is 2.39. The van der Waals surface area contributed by atoms with Crippen LogP contribution in [-0.2, 0) is 16.0 Å². The van der Waals surface area contributed by atoms with Crippen LogP contribution >= 0.6 is 0 Å². The Balaban J connectivity index is 1.82. The highest BCUT2D eigenvalue weighted by Crippen LogP contribution is 2.13. The molecule has 2 unspecified atom stereocenters. The first-order valence-electron chi connectivity index (χ1n) is 6.30. The average molecular weight is 252 g/mol. The lowest BCUT2D eigenvalue weighted by molar-refractivity contribution is 0.0130. The van der Waals surface area contributed by atoms with Crippen LogP contribution < -0.4 is 5.32 Å². The smallest absolute Gasteiger partial charge is 0.354 e. The Morgan fingerprint density at radius 1 is 1.61 bits per heavy atom. The lowest BCUT2D eigenvalue weighted by Gasteiger charge is -2.27. The van der Waals surface area contributed by atoms with Gasteiger partial charge < -0.3 is 19.8 Å². The molecule has 100 valence electrons. The zero-order valence-electron chi connectivity index (χ0n) is 10.9. The number of methoxy groups -OCH3 is 1. The first-order chi connectivity index (χ1) is 8.69. The molecule has 0 amide bonds. The van der Waals surface area contributed by atoms with Gasteiger partial charge in [-0.2, -0.15) is 0 Å². The van der Waals surface area contributed by atoms with Gasteiger partial charge in [-0.15, -0.1) is 0 Å². The van der Waals surface area contributed by atoms with Crippen LogP contribution in [0.2, 0.25) is 0 Å². The van der Waals surface area contributed by atoms with Gasteiger partial charge >= 0.3 is 5.97 Å². The van der Waals surface area contributed by atoms with Crippen LogP contribution in [0.1, 0.15) is 35.9 Å². The molecule has 1 aliphatic rings. The molecule has 5 nitrogen and oxygen atoms in total. The average Bonchev–Trinajstić information content (AvgIpc) is 2.84. The Kier molecular flexibility index (Phi) is 4.38. The number of H-pyrrole nitrogens is 1. The molecule has 1 aromatic rings. The minimum atomic E-state index is -0.332. The van der Waals surface area contributed by atoms with E-state index in [-0.39, 0.29) is 5.97 Å². The third-order valence-electron chi connectivity index (χ3n) is 3.22. The highest BCUT2D eigenvalue weighted by molar-refractivity contribution is 5.87. The molecule has 2 atom stereocenters. The highest BCUT2D eigenvalue weighted by Gasteiger charge is 2.18. The van der Waals surface area contributed by atoms with Crippen molar-refractivity contribution in [2.45, 2.75) is 38.5 Å². The van der Waals surface area contributed by atoms with Gasteiger partial charge in [0.25, 0.3) is 0 Å². The molecular formula is C13H20N2O3. The topological polar surface area (TPSA) is 63.4 Å². The Hall–Kier alpha value is -1.33. The number of nitrogens with one attached hydrogen (secondary N) is 2. The molecule has 0 aliphatic carbocycles. The molecule has 1 fully saturated rings. The first kappa shape index (κ1) is 13.1. The van der Waals surface area contributed by atoms with Crippen molar-refractivity contribution < 1.29 is 14.3 Å². The van der Waals surface area contributed by atoms with Gasteiger partial charge in [0, 0.05) is 24.9 Å². The van der Waals surface area contributed by atoms with E-state index < -0.39 is 0 Å². The Morgan fingerprint density at radius 3 is 3.17 bits per heavy atom. The second kappa shape index (κ2) is 6.02. The summed E-state index contributed by atoms with van der Waals surface area (Å²) < 4.78 is 10.2. The standard InChI is InChI=1S/C13H20N2O3/c1-9-7-10(5-6-18-9)14-8-11-3-4-12(15-11)13(16)17-2/h3-4,9-10,14-15H,5-8H2,1-2H3. The summed E-state index contributed by atoms with van der Waals surface area (Å²) in [4.78, 5) is 14.3. The fourth-order valence-electron chi connectivity index (χ4n) is 2.21. The molecule has 18 heavy (non-hydrogen) atoms. The molecule has 0 bridgehead atoms. The number of carbonyl (C=O) groups excluding carboxylic acids is 1. The lowest BCUT2D eigenvalue weighted by Crippen LogP contribution is -2.37. The molecule has 5 heteroatoms. The van der Waals surface area contributed by atoms with Crippen LogP contribution in [-0.4, -0.2) is 36.8 Å². The summed E-state index contributed by atoms with van der Waals surface area (Å²) in [7, 11) is 1.38. The van der Waals surface area contributed by atoms with Crippen molar-refractivity contribution in [3.8, 4) is 0 Å². The second-order valence-electron chi connectivity index (χ2n) is 4.67. The van der Waals surface area contributed by atoms with Crippen LogP contribution in [0, 0.1) is 0 Å². The fourth-order valence-corrected chi connectivity index (χ4v) is 2.21. The summed E-state index contributed by atoms with van der Waals surface area (Å²) in [5, 5.41) is 3.48. The molecule has 2 N–H and O–H groups in total. The molecule has 1 saturated heterocycles. The van der Waals surface area contributed by atoms with E-state index in [0.717, 1.165) is 31.7 Å². The minimum absolute atomic E-state index is 0.325. The van der Waals surface area contributed by atoms with E-state index in [2.05, 4.69) is 22.0 Å². The lowest BCUT2D eigenvalue weighted by atomic mass is 10.0. The van der Waals surface area contributed by atoms with Crippen molar-refractivity contribution in [2.24, 2.45) is 0 Å². The van der Waals surface area contributed by atoms with Gasteiger partial charge in [-0.05, 0) is 31.9 Å². The maximum atomic E-state index is 11.3. The number of rotatable bonds is 4. The van der Waals surface area contributed by atoms with E-state index in [1.54, 1.807) is 6.07 Å². The van der Waals surface area contributed by atoms with Gasteiger partial charge in [0.15, 0.2) is 0 Å². The van der Waals surface area contributed by atoms with E-state index in [1.165, 1.54) is 7.11 Å². The SMILES string of the molecule is COC(=O)c1ccc(CNC2CCOC(C)C2)[nH]1. The summed E-state index contributed by atoms with van der Waals surface area (Å²) >= 11 is 0. The van der Waals surface area contributed by atoms with Crippen molar-refractivity contribution in [2.75, 3.05) is 13.7 Å². The van der Waals surface area contributed by atoms with Crippen molar-refractivity contribution in [3.63, 3.8) is 0 Å². The van der Waals surface area contributed by atoms with Gasteiger partial charge in [0.05, 0.1) is 13.2 Å². The molecule has 1 aliphatic heterocycles. The van der Waals surface area contributed by atoms with Gasteiger partial charge in [-0.1, -0.05) is 0 Å². The largest absolute Gasteiger partial charge is 0.464 e. The first-order valence-corrected chi connectivity index (χ1v) is 6.30. The van der Waals surface area contributed by atoms with Gasteiger partial charge in [-0.25, -0.2) is 4.79 Å². The number of hydrogen-bond donors (Lipinski definition) is 2.